The first-order valence-corrected chi connectivity index (χ1v) is 14.0. The molecule has 3 rings (SSSR count). The van der Waals surface area contributed by atoms with Crippen LogP contribution in [0.5, 0.6) is 0 Å². The molecule has 0 atom stereocenters. The van der Waals surface area contributed by atoms with E-state index in [1.165, 1.54) is 22.1 Å². The summed E-state index contributed by atoms with van der Waals surface area (Å²) in [5, 5.41) is 3.21. The van der Waals surface area contributed by atoms with E-state index in [1.54, 1.807) is 36.4 Å². The molecule has 0 radical (unpaired) electrons. The second kappa shape index (κ2) is 11.7. The molecule has 34 heavy (non-hydrogen) atoms. The lowest BCUT2D eigenvalue weighted by Crippen LogP contribution is -2.30. The van der Waals surface area contributed by atoms with Gasteiger partial charge in [0.25, 0.3) is 5.91 Å². The Balaban J connectivity index is 1.57. The van der Waals surface area contributed by atoms with Crippen LogP contribution in [0.3, 0.4) is 0 Å². The summed E-state index contributed by atoms with van der Waals surface area (Å²) in [6.07, 6.45) is 1.16. The molecule has 0 saturated carbocycles. The SMILES string of the molecule is Cc1ccccc1CN(c1ccc(C(=O)NCCSCc2c(F)cccc2Cl)cc1)S(C)(=O)=O. The summed E-state index contributed by atoms with van der Waals surface area (Å²) in [7, 11) is -3.52. The molecule has 0 aliphatic rings. The predicted molar refractivity (Wildman–Crippen MR) is 139 cm³/mol. The molecule has 0 unspecified atom stereocenters. The van der Waals surface area contributed by atoms with Crippen molar-refractivity contribution >= 4 is 45.0 Å². The van der Waals surface area contributed by atoms with Crippen LogP contribution >= 0.6 is 23.4 Å². The molecule has 1 amide bonds. The highest BCUT2D eigenvalue weighted by atomic mass is 35.5. The van der Waals surface area contributed by atoms with Crippen molar-refractivity contribution in [3.05, 3.63) is 99.8 Å². The number of thioether (sulfide) groups is 1. The molecular formula is C25H26ClFN2O3S2. The predicted octanol–water partition coefficient (Wildman–Crippen LogP) is 5.42. The number of aryl methyl sites for hydroxylation is 1. The number of carbonyl (C=O) groups excluding carboxylic acids is 1. The van der Waals surface area contributed by atoms with Crippen LogP contribution in [0.25, 0.3) is 0 Å². The lowest BCUT2D eigenvalue weighted by atomic mass is 10.1. The van der Waals surface area contributed by atoms with Crippen molar-refractivity contribution in [2.45, 2.75) is 19.2 Å². The zero-order valence-corrected chi connectivity index (χ0v) is 21.3. The van der Waals surface area contributed by atoms with Gasteiger partial charge in [-0.2, -0.15) is 11.8 Å². The summed E-state index contributed by atoms with van der Waals surface area (Å²) in [5.41, 5.74) is 3.28. The van der Waals surface area contributed by atoms with Gasteiger partial charge < -0.3 is 5.32 Å². The molecule has 0 saturated heterocycles. The number of sulfonamides is 1. The number of amides is 1. The summed E-state index contributed by atoms with van der Waals surface area (Å²) in [6, 6.07) is 18.7. The Hall–Kier alpha value is -2.55. The van der Waals surface area contributed by atoms with Crippen LogP contribution in [0.4, 0.5) is 10.1 Å². The summed E-state index contributed by atoms with van der Waals surface area (Å²) in [6.45, 7) is 2.55. The lowest BCUT2D eigenvalue weighted by Gasteiger charge is -2.23. The zero-order chi connectivity index (χ0) is 24.7. The van der Waals surface area contributed by atoms with Crippen molar-refractivity contribution in [2.75, 3.05) is 22.9 Å². The van der Waals surface area contributed by atoms with E-state index >= 15 is 0 Å². The molecule has 0 bridgehead atoms. The average molecular weight is 521 g/mol. The molecule has 0 aromatic heterocycles. The van der Waals surface area contributed by atoms with Gasteiger partial charge in [-0.15, -0.1) is 0 Å². The van der Waals surface area contributed by atoms with Crippen LogP contribution in [-0.4, -0.2) is 32.9 Å². The van der Waals surface area contributed by atoms with Crippen molar-refractivity contribution < 1.29 is 17.6 Å². The van der Waals surface area contributed by atoms with Gasteiger partial charge in [-0.3, -0.25) is 9.10 Å². The number of hydrogen-bond acceptors (Lipinski definition) is 4. The van der Waals surface area contributed by atoms with Gasteiger partial charge in [-0.25, -0.2) is 12.8 Å². The van der Waals surface area contributed by atoms with Gasteiger partial charge in [-0.1, -0.05) is 41.9 Å². The van der Waals surface area contributed by atoms with Crippen molar-refractivity contribution in [3.8, 4) is 0 Å². The molecular weight excluding hydrogens is 495 g/mol. The molecule has 0 aliphatic carbocycles. The lowest BCUT2D eigenvalue weighted by molar-refractivity contribution is 0.0956. The van der Waals surface area contributed by atoms with E-state index in [0.29, 0.717) is 39.9 Å². The van der Waals surface area contributed by atoms with Gasteiger partial charge >= 0.3 is 0 Å². The van der Waals surface area contributed by atoms with Crippen LogP contribution in [0.1, 0.15) is 27.0 Å². The first-order chi connectivity index (χ1) is 16.2. The van der Waals surface area contributed by atoms with Crippen LogP contribution in [0.2, 0.25) is 5.02 Å². The minimum absolute atomic E-state index is 0.209. The molecule has 0 aliphatic heterocycles. The van der Waals surface area contributed by atoms with E-state index < -0.39 is 10.0 Å². The Morgan fingerprint density at radius 1 is 1.06 bits per heavy atom. The highest BCUT2D eigenvalue weighted by Gasteiger charge is 2.19. The van der Waals surface area contributed by atoms with Crippen LogP contribution in [-0.2, 0) is 22.3 Å². The summed E-state index contributed by atoms with van der Waals surface area (Å²) in [4.78, 5) is 12.5. The topological polar surface area (TPSA) is 66.5 Å². The number of rotatable bonds is 10. The van der Waals surface area contributed by atoms with Crippen LogP contribution < -0.4 is 9.62 Å². The van der Waals surface area contributed by atoms with E-state index in [9.17, 15) is 17.6 Å². The maximum atomic E-state index is 13.8. The largest absolute Gasteiger partial charge is 0.351 e. The highest BCUT2D eigenvalue weighted by Crippen LogP contribution is 2.24. The number of anilines is 1. The maximum absolute atomic E-state index is 13.8. The number of benzene rings is 3. The van der Waals surface area contributed by atoms with E-state index in [2.05, 4.69) is 5.32 Å². The average Bonchev–Trinajstić information content (AvgIpc) is 2.79. The van der Waals surface area contributed by atoms with Crippen molar-refractivity contribution in [2.24, 2.45) is 0 Å². The Bertz CT molecular complexity index is 1230. The maximum Gasteiger partial charge on any atom is 0.251 e. The summed E-state index contributed by atoms with van der Waals surface area (Å²) < 4.78 is 40.0. The molecule has 0 spiro atoms. The fraction of sp³-hybridized carbons (Fsp3) is 0.240. The molecule has 0 fully saturated rings. The van der Waals surface area contributed by atoms with Crippen molar-refractivity contribution in [3.63, 3.8) is 0 Å². The van der Waals surface area contributed by atoms with Gasteiger partial charge in [0, 0.05) is 34.2 Å². The molecule has 9 heteroatoms. The van der Waals surface area contributed by atoms with E-state index in [1.807, 2.05) is 31.2 Å². The summed E-state index contributed by atoms with van der Waals surface area (Å²) >= 11 is 7.50. The van der Waals surface area contributed by atoms with Crippen LogP contribution in [0, 0.1) is 12.7 Å². The van der Waals surface area contributed by atoms with Gasteiger partial charge in [0.15, 0.2) is 0 Å². The number of hydrogen-bond donors (Lipinski definition) is 1. The molecule has 0 heterocycles. The Morgan fingerprint density at radius 2 is 1.76 bits per heavy atom. The number of halogens is 2. The second-order valence-corrected chi connectivity index (χ2v) is 11.2. The van der Waals surface area contributed by atoms with Crippen molar-refractivity contribution in [1.29, 1.82) is 0 Å². The Kier molecular flexibility index (Phi) is 8.99. The smallest absolute Gasteiger partial charge is 0.251 e. The minimum Gasteiger partial charge on any atom is -0.351 e. The van der Waals surface area contributed by atoms with Gasteiger partial charge in [-0.05, 0) is 54.4 Å². The number of carbonyl (C=O) groups is 1. The first-order valence-electron chi connectivity index (χ1n) is 10.6. The number of nitrogens with one attached hydrogen (secondary N) is 1. The van der Waals surface area contributed by atoms with Gasteiger partial charge in [0.2, 0.25) is 10.0 Å². The third-order valence-corrected chi connectivity index (χ3v) is 7.71. The van der Waals surface area contributed by atoms with Crippen LogP contribution in [0.15, 0.2) is 66.7 Å². The molecule has 3 aromatic rings. The third kappa shape index (κ3) is 6.98. The van der Waals surface area contributed by atoms with E-state index in [4.69, 9.17) is 11.6 Å². The fourth-order valence-electron chi connectivity index (χ4n) is 3.30. The fourth-order valence-corrected chi connectivity index (χ4v) is 5.38. The van der Waals surface area contributed by atoms with Crippen molar-refractivity contribution in [1.82, 2.24) is 5.32 Å². The standard InChI is InChI=1S/C25H26ClFN2O3S2/c1-18-6-3-4-7-20(18)16-29(34(2,31)32)21-12-10-19(11-13-21)25(30)28-14-15-33-17-22-23(26)8-5-9-24(22)27/h3-13H,14-17H2,1-2H3,(H,28,30). The molecule has 3 aromatic carbocycles. The quantitative estimate of drug-likeness (QED) is 0.363. The van der Waals surface area contributed by atoms with Gasteiger partial charge in [0.1, 0.15) is 5.82 Å². The minimum atomic E-state index is -3.52. The normalized spacial score (nSPS) is 11.3. The molecule has 180 valence electrons. The van der Waals surface area contributed by atoms with E-state index in [-0.39, 0.29) is 18.3 Å². The molecule has 5 nitrogen and oxygen atoms in total. The summed E-state index contributed by atoms with van der Waals surface area (Å²) in [5.74, 6) is 0.404. The number of nitrogens with zero attached hydrogens (tertiary/aromatic N) is 1. The molecule has 1 N–H and O–H groups in total. The Labute approximate surface area is 209 Å². The monoisotopic (exact) mass is 520 g/mol. The van der Waals surface area contributed by atoms with E-state index in [0.717, 1.165) is 17.4 Å². The second-order valence-electron chi connectivity index (χ2n) is 7.75. The zero-order valence-electron chi connectivity index (χ0n) is 18.9. The first kappa shape index (κ1) is 26.1. The Morgan fingerprint density at radius 3 is 2.41 bits per heavy atom. The third-order valence-electron chi connectivity index (χ3n) is 5.23. The highest BCUT2D eigenvalue weighted by molar-refractivity contribution is 7.98. The van der Waals surface area contributed by atoms with Gasteiger partial charge in [0.05, 0.1) is 18.5 Å².